The zero-order valence-corrected chi connectivity index (χ0v) is 12.5. The van der Waals surface area contributed by atoms with E-state index < -0.39 is 0 Å². The molecule has 0 aromatic rings. The van der Waals surface area contributed by atoms with Gasteiger partial charge >= 0.3 is 0 Å². The van der Waals surface area contributed by atoms with E-state index in [0.717, 1.165) is 19.3 Å². The van der Waals surface area contributed by atoms with Crippen molar-refractivity contribution in [3.8, 4) is 0 Å². The summed E-state index contributed by atoms with van der Waals surface area (Å²) in [5.41, 5.74) is -0.0131. The lowest BCUT2D eigenvalue weighted by Crippen LogP contribution is -2.28. The van der Waals surface area contributed by atoms with Gasteiger partial charge in [-0.15, -0.1) is 0 Å². The fourth-order valence-corrected chi connectivity index (χ4v) is 2.85. The van der Waals surface area contributed by atoms with Crippen LogP contribution in [0.1, 0.15) is 78.6 Å². The zero-order valence-electron chi connectivity index (χ0n) is 12.5. The second-order valence-corrected chi connectivity index (χ2v) is 6.10. The summed E-state index contributed by atoms with van der Waals surface area (Å²) in [5.74, 6) is 0.864. The molecule has 1 unspecified atom stereocenters. The second kappa shape index (κ2) is 7.93. The first-order valence-electron chi connectivity index (χ1n) is 7.75. The molecular formula is C16H30O2. The van der Waals surface area contributed by atoms with Gasteiger partial charge in [0.25, 0.3) is 0 Å². The van der Waals surface area contributed by atoms with Crippen LogP contribution in [0.4, 0.5) is 0 Å². The summed E-state index contributed by atoms with van der Waals surface area (Å²) in [7, 11) is 0. The van der Waals surface area contributed by atoms with E-state index in [0.29, 0.717) is 24.7 Å². The molecule has 0 bridgehead atoms. The second-order valence-electron chi connectivity index (χ2n) is 6.10. The Hall–Kier alpha value is -0.370. The Morgan fingerprint density at radius 3 is 2.50 bits per heavy atom. The number of rotatable bonds is 9. The molecule has 0 spiro atoms. The van der Waals surface area contributed by atoms with Gasteiger partial charge < -0.3 is 4.74 Å². The summed E-state index contributed by atoms with van der Waals surface area (Å²) in [6, 6.07) is 0. The van der Waals surface area contributed by atoms with Gasteiger partial charge in [-0.25, -0.2) is 0 Å². The highest BCUT2D eigenvalue weighted by molar-refractivity contribution is 5.79. The number of carbonyl (C=O) groups is 1. The molecule has 18 heavy (non-hydrogen) atoms. The predicted molar refractivity (Wildman–Crippen MR) is 75.8 cm³/mol. The van der Waals surface area contributed by atoms with E-state index in [9.17, 15) is 4.79 Å². The third kappa shape index (κ3) is 5.51. The lowest BCUT2D eigenvalue weighted by Gasteiger charge is -2.24. The third-order valence-electron chi connectivity index (χ3n) is 4.30. The lowest BCUT2D eigenvalue weighted by atomic mass is 9.94. The van der Waals surface area contributed by atoms with Gasteiger partial charge in [-0.2, -0.15) is 0 Å². The van der Waals surface area contributed by atoms with Crippen LogP contribution in [0.5, 0.6) is 0 Å². The summed E-state index contributed by atoms with van der Waals surface area (Å²) in [4.78, 5) is 11.9. The minimum absolute atomic E-state index is 0.0131. The van der Waals surface area contributed by atoms with Crippen LogP contribution in [0.25, 0.3) is 0 Å². The molecule has 106 valence electrons. The third-order valence-corrected chi connectivity index (χ3v) is 4.30. The van der Waals surface area contributed by atoms with Crippen molar-refractivity contribution in [2.75, 3.05) is 6.61 Å². The Bertz CT molecular complexity index is 241. The van der Waals surface area contributed by atoms with Gasteiger partial charge in [-0.05, 0) is 25.7 Å². The van der Waals surface area contributed by atoms with E-state index in [1.807, 2.05) is 0 Å². The van der Waals surface area contributed by atoms with Crippen LogP contribution in [-0.4, -0.2) is 18.0 Å². The topological polar surface area (TPSA) is 26.3 Å². The first-order chi connectivity index (χ1) is 8.59. The van der Waals surface area contributed by atoms with Crippen molar-refractivity contribution in [1.82, 2.24) is 0 Å². The summed E-state index contributed by atoms with van der Waals surface area (Å²) in [6.07, 6.45) is 10.2. The van der Waals surface area contributed by atoms with E-state index in [1.54, 1.807) is 0 Å². The number of hydrogen-bond donors (Lipinski definition) is 0. The first-order valence-corrected chi connectivity index (χ1v) is 7.75. The molecule has 0 saturated heterocycles. The number of Topliss-reactive ketones (excluding diaryl/α,β-unsaturated/α-hetero) is 1. The fourth-order valence-electron chi connectivity index (χ4n) is 2.85. The van der Waals surface area contributed by atoms with Crippen LogP contribution >= 0.6 is 0 Å². The largest absolute Gasteiger partial charge is 0.368 e. The zero-order chi connectivity index (χ0) is 13.4. The lowest BCUT2D eigenvalue weighted by molar-refractivity contribution is -0.130. The predicted octanol–water partition coefficient (Wildman–Crippen LogP) is 4.51. The van der Waals surface area contributed by atoms with Crippen molar-refractivity contribution in [1.29, 1.82) is 0 Å². The molecule has 0 radical (unpaired) electrons. The number of hydrogen-bond acceptors (Lipinski definition) is 2. The van der Waals surface area contributed by atoms with E-state index in [-0.39, 0.29) is 5.60 Å². The molecule has 1 saturated carbocycles. The fraction of sp³-hybridized carbons (Fsp3) is 0.938. The molecular weight excluding hydrogens is 224 g/mol. The van der Waals surface area contributed by atoms with Crippen LogP contribution in [-0.2, 0) is 9.53 Å². The number of ether oxygens (including phenoxy) is 1. The van der Waals surface area contributed by atoms with Crippen LogP contribution in [0.15, 0.2) is 0 Å². The number of unbranched alkanes of at least 4 members (excludes halogenated alkanes) is 1. The highest BCUT2D eigenvalue weighted by Gasteiger charge is 2.30. The molecule has 2 nitrogen and oxygen atoms in total. The molecule has 0 aliphatic heterocycles. The van der Waals surface area contributed by atoms with Crippen LogP contribution in [0.3, 0.4) is 0 Å². The summed E-state index contributed by atoms with van der Waals surface area (Å²) >= 11 is 0. The van der Waals surface area contributed by atoms with Gasteiger partial charge in [0, 0.05) is 6.42 Å². The maximum absolute atomic E-state index is 11.9. The molecule has 1 atom stereocenters. The van der Waals surface area contributed by atoms with Crippen molar-refractivity contribution < 1.29 is 9.53 Å². The molecule has 0 aromatic carbocycles. The van der Waals surface area contributed by atoms with E-state index in [1.165, 1.54) is 32.1 Å². The average Bonchev–Trinajstić information content (AvgIpc) is 2.79. The van der Waals surface area contributed by atoms with Crippen molar-refractivity contribution in [2.24, 2.45) is 5.92 Å². The summed E-state index contributed by atoms with van der Waals surface area (Å²) < 4.78 is 5.85. The van der Waals surface area contributed by atoms with Gasteiger partial charge in [0.05, 0.1) is 5.60 Å². The Morgan fingerprint density at radius 2 is 1.94 bits per heavy atom. The Labute approximate surface area is 112 Å². The van der Waals surface area contributed by atoms with Crippen molar-refractivity contribution in [3.63, 3.8) is 0 Å². The molecule has 0 heterocycles. The molecule has 0 aromatic heterocycles. The van der Waals surface area contributed by atoms with E-state index >= 15 is 0 Å². The Balaban J connectivity index is 2.23. The highest BCUT2D eigenvalue weighted by atomic mass is 16.5. The monoisotopic (exact) mass is 254 g/mol. The molecule has 0 N–H and O–H groups in total. The van der Waals surface area contributed by atoms with E-state index in [2.05, 4.69) is 20.8 Å². The maximum atomic E-state index is 11.9. The van der Waals surface area contributed by atoms with Gasteiger partial charge in [0.15, 0.2) is 5.78 Å². The Morgan fingerprint density at radius 1 is 1.28 bits per heavy atom. The van der Waals surface area contributed by atoms with Crippen LogP contribution < -0.4 is 0 Å². The number of carbonyl (C=O) groups excluding carboxylic acids is 1. The van der Waals surface area contributed by atoms with Gasteiger partial charge in [0.2, 0.25) is 0 Å². The van der Waals surface area contributed by atoms with Crippen molar-refractivity contribution in [2.45, 2.75) is 84.2 Å². The molecule has 1 fully saturated rings. The normalized spacial score (nSPS) is 19.9. The SMILES string of the molecule is CCCCC(CC)CC(=O)COC1(C)CCCC1. The smallest absolute Gasteiger partial charge is 0.158 e. The first kappa shape index (κ1) is 15.7. The maximum Gasteiger partial charge on any atom is 0.158 e. The van der Waals surface area contributed by atoms with Crippen molar-refractivity contribution in [3.05, 3.63) is 0 Å². The molecule has 1 aliphatic rings. The standard InChI is InChI=1S/C16H30O2/c1-4-6-9-14(5-2)12-15(17)13-18-16(3)10-7-8-11-16/h14H,4-13H2,1-3H3. The quantitative estimate of drug-likeness (QED) is 0.605. The highest BCUT2D eigenvalue weighted by Crippen LogP contribution is 2.32. The number of ketones is 1. The summed E-state index contributed by atoms with van der Waals surface area (Å²) in [6.45, 7) is 6.88. The molecule has 2 heteroatoms. The Kier molecular flexibility index (Phi) is 6.91. The molecule has 0 amide bonds. The van der Waals surface area contributed by atoms with Gasteiger partial charge in [-0.1, -0.05) is 52.4 Å². The molecule has 1 aliphatic carbocycles. The van der Waals surface area contributed by atoms with Gasteiger partial charge in [-0.3, -0.25) is 4.79 Å². The summed E-state index contributed by atoms with van der Waals surface area (Å²) in [5, 5.41) is 0. The van der Waals surface area contributed by atoms with Crippen LogP contribution in [0, 0.1) is 5.92 Å². The molecule has 1 rings (SSSR count). The van der Waals surface area contributed by atoms with Gasteiger partial charge in [0.1, 0.15) is 6.61 Å². The van der Waals surface area contributed by atoms with Crippen LogP contribution in [0.2, 0.25) is 0 Å². The van der Waals surface area contributed by atoms with Crippen molar-refractivity contribution >= 4 is 5.78 Å². The minimum Gasteiger partial charge on any atom is -0.368 e. The van der Waals surface area contributed by atoms with E-state index in [4.69, 9.17) is 4.74 Å². The minimum atomic E-state index is -0.0131. The average molecular weight is 254 g/mol.